The highest BCUT2D eigenvalue weighted by Gasteiger charge is 2.48. The fourth-order valence-electron chi connectivity index (χ4n) is 3.60. The van der Waals surface area contributed by atoms with Gasteiger partial charge in [0.05, 0.1) is 23.1 Å². The number of aromatic nitrogens is 1. The zero-order chi connectivity index (χ0) is 23.5. The number of thiazole rings is 1. The van der Waals surface area contributed by atoms with Crippen molar-refractivity contribution in [1.82, 2.24) is 4.98 Å². The number of aliphatic hydroxyl groups excluding tert-OH is 1. The zero-order valence-corrected chi connectivity index (χ0v) is 18.3. The van der Waals surface area contributed by atoms with E-state index in [0.717, 1.165) is 22.7 Å². The molecule has 0 bridgehead atoms. The van der Waals surface area contributed by atoms with Gasteiger partial charge in [-0.15, -0.1) is 11.3 Å². The van der Waals surface area contributed by atoms with E-state index >= 15 is 0 Å². The molecule has 0 radical (unpaired) electrons. The van der Waals surface area contributed by atoms with Crippen LogP contribution in [0.2, 0.25) is 0 Å². The number of amides is 1. The largest absolute Gasteiger partial charge is 0.507 e. The van der Waals surface area contributed by atoms with Gasteiger partial charge in [0, 0.05) is 29.3 Å². The van der Waals surface area contributed by atoms with Crippen LogP contribution < -0.4 is 9.64 Å². The zero-order valence-electron chi connectivity index (χ0n) is 17.5. The lowest BCUT2D eigenvalue weighted by molar-refractivity contribution is -0.384. The molecule has 1 fully saturated rings. The van der Waals surface area contributed by atoms with Crippen LogP contribution in [0.4, 0.5) is 10.8 Å². The molecule has 2 heterocycles. The molecule has 1 saturated heterocycles. The monoisotopic (exact) mass is 465 g/mol. The molecular weight excluding hydrogens is 446 g/mol. The molecule has 33 heavy (non-hydrogen) atoms. The smallest absolute Gasteiger partial charge is 0.301 e. The Bertz CT molecular complexity index is 1250. The first-order chi connectivity index (χ1) is 15.9. The second-order valence-corrected chi connectivity index (χ2v) is 8.09. The number of nitro groups is 1. The molecule has 4 rings (SSSR count). The van der Waals surface area contributed by atoms with Gasteiger partial charge in [0.1, 0.15) is 11.5 Å². The third-order valence-electron chi connectivity index (χ3n) is 5.05. The van der Waals surface area contributed by atoms with Gasteiger partial charge >= 0.3 is 5.91 Å². The van der Waals surface area contributed by atoms with Gasteiger partial charge in [-0.05, 0) is 24.1 Å². The van der Waals surface area contributed by atoms with Crippen LogP contribution in [-0.2, 0) is 9.59 Å². The Balaban J connectivity index is 1.90. The number of nitrogens with zero attached hydrogens (tertiary/aromatic N) is 3. The molecule has 10 heteroatoms. The van der Waals surface area contributed by atoms with Crippen LogP contribution in [0.1, 0.15) is 30.5 Å². The van der Waals surface area contributed by atoms with Crippen molar-refractivity contribution in [1.29, 1.82) is 0 Å². The summed E-state index contributed by atoms with van der Waals surface area (Å²) in [7, 11) is 0. The number of ether oxygens (including phenoxy) is 1. The van der Waals surface area contributed by atoms with Gasteiger partial charge in [-0.2, -0.15) is 0 Å². The van der Waals surface area contributed by atoms with E-state index in [1.807, 2.05) is 6.92 Å². The first-order valence-corrected chi connectivity index (χ1v) is 11.0. The molecule has 2 aromatic carbocycles. The third-order valence-corrected chi connectivity index (χ3v) is 5.82. The Kier molecular flexibility index (Phi) is 6.18. The number of hydrogen-bond acceptors (Lipinski definition) is 8. The number of Topliss-reactive ketones (excluding diaryl/α,β-unsaturated/α-hetero) is 1. The lowest BCUT2D eigenvalue weighted by Gasteiger charge is -2.22. The summed E-state index contributed by atoms with van der Waals surface area (Å²) in [6, 6.07) is 11.1. The third kappa shape index (κ3) is 4.20. The van der Waals surface area contributed by atoms with E-state index in [-0.39, 0.29) is 22.0 Å². The van der Waals surface area contributed by atoms with Crippen LogP contribution >= 0.6 is 11.3 Å². The Morgan fingerprint density at radius 3 is 2.73 bits per heavy atom. The van der Waals surface area contributed by atoms with Gasteiger partial charge in [0.15, 0.2) is 5.13 Å². The van der Waals surface area contributed by atoms with Crippen LogP contribution in [0, 0.1) is 10.1 Å². The first-order valence-electron chi connectivity index (χ1n) is 10.1. The van der Waals surface area contributed by atoms with E-state index in [9.17, 15) is 24.8 Å². The lowest BCUT2D eigenvalue weighted by Crippen LogP contribution is -2.29. The second kappa shape index (κ2) is 9.21. The van der Waals surface area contributed by atoms with Crippen molar-refractivity contribution >= 4 is 39.6 Å². The van der Waals surface area contributed by atoms with Crippen molar-refractivity contribution in [2.24, 2.45) is 0 Å². The fraction of sp³-hybridized carbons (Fsp3) is 0.174. The SMILES string of the molecule is CCCOc1cccc(C(O)=C2C(=O)C(=O)N(c3nccs3)C2c2cccc([N+](=O)[O-])c2)c1. The number of hydrogen-bond donors (Lipinski definition) is 1. The van der Waals surface area contributed by atoms with Crippen LogP contribution in [0.15, 0.2) is 65.7 Å². The van der Waals surface area contributed by atoms with E-state index in [2.05, 4.69) is 4.98 Å². The van der Waals surface area contributed by atoms with Crippen LogP contribution in [0.5, 0.6) is 5.75 Å². The molecule has 1 atom stereocenters. The predicted molar refractivity (Wildman–Crippen MR) is 122 cm³/mol. The lowest BCUT2D eigenvalue weighted by atomic mass is 9.95. The molecule has 168 valence electrons. The van der Waals surface area contributed by atoms with E-state index < -0.39 is 28.4 Å². The number of carbonyl (C=O) groups excluding carboxylic acids is 2. The summed E-state index contributed by atoms with van der Waals surface area (Å²) in [6.45, 7) is 2.44. The maximum Gasteiger partial charge on any atom is 0.301 e. The topological polar surface area (TPSA) is 123 Å². The van der Waals surface area contributed by atoms with Gasteiger partial charge < -0.3 is 9.84 Å². The van der Waals surface area contributed by atoms with Crippen LogP contribution in [-0.4, -0.2) is 33.3 Å². The van der Waals surface area contributed by atoms with Crippen molar-refractivity contribution in [2.45, 2.75) is 19.4 Å². The molecule has 1 aromatic heterocycles. The number of benzene rings is 2. The standard InChI is InChI=1S/C23H19N3O6S/c1-2-10-32-17-8-4-6-15(13-17)20(27)18-19(14-5-3-7-16(12-14)26(30)31)25(22(29)21(18)28)23-24-9-11-33-23/h3-9,11-13,19,27H,2,10H2,1H3. The van der Waals surface area contributed by atoms with Gasteiger partial charge in [-0.3, -0.25) is 24.6 Å². The molecule has 0 aliphatic carbocycles. The van der Waals surface area contributed by atoms with Gasteiger partial charge in [0.2, 0.25) is 0 Å². The number of carbonyl (C=O) groups is 2. The normalized spacial score (nSPS) is 17.4. The number of rotatable bonds is 7. The number of non-ortho nitro benzene ring substituents is 1. The average Bonchev–Trinajstić information content (AvgIpc) is 3.44. The maximum absolute atomic E-state index is 13.1. The Labute approximate surface area is 192 Å². The molecule has 3 aromatic rings. The van der Waals surface area contributed by atoms with E-state index in [1.54, 1.807) is 35.7 Å². The quantitative estimate of drug-likeness (QED) is 0.180. The number of ketones is 1. The summed E-state index contributed by atoms with van der Waals surface area (Å²) in [5.74, 6) is -1.67. The summed E-state index contributed by atoms with van der Waals surface area (Å²) < 4.78 is 5.61. The summed E-state index contributed by atoms with van der Waals surface area (Å²) >= 11 is 1.14. The molecule has 1 unspecified atom stereocenters. The molecule has 1 amide bonds. The highest BCUT2D eigenvalue weighted by molar-refractivity contribution is 7.14. The summed E-state index contributed by atoms with van der Waals surface area (Å²) in [5.41, 5.74) is 0.213. The maximum atomic E-state index is 13.1. The molecule has 9 nitrogen and oxygen atoms in total. The van der Waals surface area contributed by atoms with Crippen LogP contribution in [0.25, 0.3) is 5.76 Å². The summed E-state index contributed by atoms with van der Waals surface area (Å²) in [6.07, 6.45) is 2.28. The molecule has 0 spiro atoms. The minimum atomic E-state index is -1.09. The Morgan fingerprint density at radius 1 is 1.24 bits per heavy atom. The molecule has 0 saturated carbocycles. The number of nitro benzene ring substituents is 1. The van der Waals surface area contributed by atoms with E-state index in [0.29, 0.717) is 17.9 Å². The van der Waals surface area contributed by atoms with Crippen molar-refractivity contribution < 1.29 is 24.4 Å². The van der Waals surface area contributed by atoms with Gasteiger partial charge in [0.25, 0.3) is 11.5 Å². The summed E-state index contributed by atoms with van der Waals surface area (Å²) in [4.78, 5) is 42.2. The Morgan fingerprint density at radius 2 is 2.03 bits per heavy atom. The minimum Gasteiger partial charge on any atom is -0.507 e. The van der Waals surface area contributed by atoms with Crippen LogP contribution in [0.3, 0.4) is 0 Å². The first kappa shape index (κ1) is 22.2. The average molecular weight is 465 g/mol. The van der Waals surface area contributed by atoms with Crippen molar-refractivity contribution in [3.63, 3.8) is 0 Å². The molecule has 1 N–H and O–H groups in total. The van der Waals surface area contributed by atoms with Gasteiger partial charge in [-0.25, -0.2) is 4.98 Å². The summed E-state index contributed by atoms with van der Waals surface area (Å²) in [5, 5.41) is 24.4. The minimum absolute atomic E-state index is 0.177. The highest BCUT2D eigenvalue weighted by atomic mass is 32.1. The van der Waals surface area contributed by atoms with E-state index in [4.69, 9.17) is 4.74 Å². The number of anilines is 1. The van der Waals surface area contributed by atoms with Crippen molar-refractivity contribution in [3.05, 3.63) is 86.9 Å². The van der Waals surface area contributed by atoms with Crippen molar-refractivity contribution in [3.8, 4) is 5.75 Å². The second-order valence-electron chi connectivity index (χ2n) is 7.21. The molecular formula is C23H19N3O6S. The predicted octanol–water partition coefficient (Wildman–Crippen LogP) is 4.47. The number of aliphatic hydroxyl groups is 1. The van der Waals surface area contributed by atoms with Gasteiger partial charge in [-0.1, -0.05) is 31.2 Å². The molecule has 1 aliphatic rings. The fourth-order valence-corrected chi connectivity index (χ4v) is 4.26. The molecule has 1 aliphatic heterocycles. The van der Waals surface area contributed by atoms with Crippen molar-refractivity contribution in [2.75, 3.05) is 11.5 Å². The Hall–Kier alpha value is -4.05. The van der Waals surface area contributed by atoms with E-state index in [1.165, 1.54) is 24.4 Å². The highest BCUT2D eigenvalue weighted by Crippen LogP contribution is 2.43.